The average Bonchev–Trinajstić information content (AvgIpc) is 2.67. The van der Waals surface area contributed by atoms with Crippen LogP contribution in [-0.2, 0) is 17.8 Å². The van der Waals surface area contributed by atoms with Gasteiger partial charge in [0.15, 0.2) is 5.96 Å². The Morgan fingerprint density at radius 3 is 2.58 bits per heavy atom. The molecule has 0 amide bonds. The second kappa shape index (κ2) is 11.2. The van der Waals surface area contributed by atoms with E-state index < -0.39 is 0 Å². The lowest BCUT2D eigenvalue weighted by Gasteiger charge is -2.31. The first-order chi connectivity index (χ1) is 12.6. The molecule has 1 aliphatic rings. The normalized spacial score (nSPS) is 17.3. The molecule has 0 spiro atoms. The van der Waals surface area contributed by atoms with Gasteiger partial charge in [-0.1, -0.05) is 43.5 Å². The molecular formula is C21H36N4O. The van der Waals surface area contributed by atoms with Gasteiger partial charge in [0.05, 0.1) is 6.61 Å². The van der Waals surface area contributed by atoms with Crippen molar-refractivity contribution in [3.8, 4) is 0 Å². The van der Waals surface area contributed by atoms with E-state index in [4.69, 9.17) is 4.74 Å². The van der Waals surface area contributed by atoms with Crippen LogP contribution in [0.2, 0.25) is 0 Å². The summed E-state index contributed by atoms with van der Waals surface area (Å²) in [6.07, 6.45) is 6.83. The standard InChI is InChI=1S/C21H36N4O/c1-17(16-26-4)24-21(22-2)23-14-18-10-8-9-11-19(18)15-25(3)20-12-6-5-7-13-20/h8-11,17,20H,5-7,12-16H2,1-4H3,(H2,22,23,24). The number of benzene rings is 1. The van der Waals surface area contributed by atoms with Crippen molar-refractivity contribution in [3.05, 3.63) is 35.4 Å². The molecule has 0 bridgehead atoms. The molecule has 1 fully saturated rings. The van der Waals surface area contributed by atoms with Crippen LogP contribution in [0.3, 0.4) is 0 Å². The highest BCUT2D eigenvalue weighted by Crippen LogP contribution is 2.23. The fraction of sp³-hybridized carbons (Fsp3) is 0.667. The van der Waals surface area contributed by atoms with Crippen molar-refractivity contribution in [2.45, 2.75) is 64.2 Å². The maximum atomic E-state index is 5.18. The zero-order valence-electron chi connectivity index (χ0n) is 16.9. The quantitative estimate of drug-likeness (QED) is 0.552. The summed E-state index contributed by atoms with van der Waals surface area (Å²) in [6.45, 7) is 4.52. The van der Waals surface area contributed by atoms with Crippen molar-refractivity contribution in [3.63, 3.8) is 0 Å². The summed E-state index contributed by atoms with van der Waals surface area (Å²) in [5.74, 6) is 0.810. The lowest BCUT2D eigenvalue weighted by molar-refractivity contribution is 0.179. The van der Waals surface area contributed by atoms with Crippen molar-refractivity contribution in [2.75, 3.05) is 27.8 Å². The second-order valence-corrected chi connectivity index (χ2v) is 7.40. The van der Waals surface area contributed by atoms with Gasteiger partial charge < -0.3 is 15.4 Å². The highest BCUT2D eigenvalue weighted by Gasteiger charge is 2.18. The topological polar surface area (TPSA) is 48.9 Å². The molecule has 0 radical (unpaired) electrons. The van der Waals surface area contributed by atoms with Gasteiger partial charge in [0.25, 0.3) is 0 Å². The zero-order chi connectivity index (χ0) is 18.8. The van der Waals surface area contributed by atoms with E-state index in [1.54, 1.807) is 14.2 Å². The van der Waals surface area contributed by atoms with Crippen molar-refractivity contribution in [2.24, 2.45) is 4.99 Å². The van der Waals surface area contributed by atoms with Crippen LogP contribution >= 0.6 is 0 Å². The smallest absolute Gasteiger partial charge is 0.191 e. The van der Waals surface area contributed by atoms with Gasteiger partial charge in [-0.2, -0.15) is 0 Å². The minimum absolute atomic E-state index is 0.221. The summed E-state index contributed by atoms with van der Waals surface area (Å²) >= 11 is 0. The van der Waals surface area contributed by atoms with E-state index in [0.717, 1.165) is 25.1 Å². The minimum atomic E-state index is 0.221. The minimum Gasteiger partial charge on any atom is -0.383 e. The third-order valence-corrected chi connectivity index (χ3v) is 5.21. The average molecular weight is 361 g/mol. The predicted molar refractivity (Wildman–Crippen MR) is 109 cm³/mol. The number of guanidine groups is 1. The first-order valence-electron chi connectivity index (χ1n) is 9.87. The summed E-state index contributed by atoms with van der Waals surface area (Å²) in [6, 6.07) is 9.67. The van der Waals surface area contributed by atoms with Crippen molar-refractivity contribution in [1.29, 1.82) is 0 Å². The summed E-state index contributed by atoms with van der Waals surface area (Å²) in [7, 11) is 5.79. The Bertz CT molecular complexity index is 555. The van der Waals surface area contributed by atoms with Gasteiger partial charge in [-0.3, -0.25) is 9.89 Å². The predicted octanol–water partition coefficient (Wildman–Crippen LogP) is 3.15. The molecule has 2 N–H and O–H groups in total. The Hall–Kier alpha value is -1.59. The van der Waals surface area contributed by atoms with Gasteiger partial charge >= 0.3 is 0 Å². The number of nitrogens with one attached hydrogen (secondary N) is 2. The van der Waals surface area contributed by atoms with Crippen LogP contribution < -0.4 is 10.6 Å². The molecule has 1 aliphatic carbocycles. The number of rotatable bonds is 8. The highest BCUT2D eigenvalue weighted by molar-refractivity contribution is 5.79. The van der Waals surface area contributed by atoms with Gasteiger partial charge in [-0.15, -0.1) is 0 Å². The molecule has 1 aromatic rings. The molecule has 0 aromatic heterocycles. The van der Waals surface area contributed by atoms with Gasteiger partial charge in [0.2, 0.25) is 0 Å². The van der Waals surface area contributed by atoms with E-state index in [1.807, 2.05) is 0 Å². The Morgan fingerprint density at radius 1 is 1.23 bits per heavy atom. The summed E-state index contributed by atoms with van der Waals surface area (Å²) in [5, 5.41) is 6.79. The molecule has 1 unspecified atom stereocenters. The number of hydrogen-bond donors (Lipinski definition) is 2. The van der Waals surface area contributed by atoms with E-state index in [9.17, 15) is 0 Å². The number of aliphatic imine (C=N–C) groups is 1. The zero-order valence-corrected chi connectivity index (χ0v) is 16.9. The first-order valence-corrected chi connectivity index (χ1v) is 9.87. The SMILES string of the molecule is CN=C(NCc1ccccc1CN(C)C1CCCCC1)NC(C)COC. The van der Waals surface area contributed by atoms with Crippen molar-refractivity contribution < 1.29 is 4.74 Å². The van der Waals surface area contributed by atoms with Crippen LogP contribution in [0.25, 0.3) is 0 Å². The van der Waals surface area contributed by atoms with Crippen LogP contribution in [0.1, 0.15) is 50.2 Å². The molecule has 0 saturated heterocycles. The lowest BCUT2D eigenvalue weighted by atomic mass is 9.94. The Morgan fingerprint density at radius 2 is 1.92 bits per heavy atom. The Kier molecular flexibility index (Phi) is 8.92. The van der Waals surface area contributed by atoms with Crippen molar-refractivity contribution >= 4 is 5.96 Å². The molecular weight excluding hydrogens is 324 g/mol. The third kappa shape index (κ3) is 6.61. The molecule has 0 heterocycles. The van der Waals surface area contributed by atoms with Crippen LogP contribution in [0.4, 0.5) is 0 Å². The maximum absolute atomic E-state index is 5.18. The largest absolute Gasteiger partial charge is 0.383 e. The van der Waals surface area contributed by atoms with Gasteiger partial charge in [-0.25, -0.2) is 0 Å². The van der Waals surface area contributed by atoms with Gasteiger partial charge in [-0.05, 0) is 37.9 Å². The highest BCUT2D eigenvalue weighted by atomic mass is 16.5. The first kappa shape index (κ1) is 20.7. The van der Waals surface area contributed by atoms with Crippen LogP contribution in [-0.4, -0.2) is 50.8 Å². The van der Waals surface area contributed by atoms with E-state index in [1.165, 1.54) is 43.2 Å². The summed E-state index contributed by atoms with van der Waals surface area (Å²) < 4.78 is 5.18. The number of ether oxygens (including phenoxy) is 1. The molecule has 1 saturated carbocycles. The van der Waals surface area contributed by atoms with Crippen LogP contribution in [0.5, 0.6) is 0 Å². The Labute approximate surface area is 159 Å². The van der Waals surface area contributed by atoms with Crippen LogP contribution in [0.15, 0.2) is 29.3 Å². The second-order valence-electron chi connectivity index (χ2n) is 7.40. The number of nitrogens with zero attached hydrogens (tertiary/aromatic N) is 2. The van der Waals surface area contributed by atoms with Gasteiger partial charge in [0.1, 0.15) is 0 Å². The summed E-state index contributed by atoms with van der Waals surface area (Å²) in [4.78, 5) is 6.85. The molecule has 146 valence electrons. The lowest BCUT2D eigenvalue weighted by Crippen LogP contribution is -2.43. The molecule has 26 heavy (non-hydrogen) atoms. The molecule has 1 atom stereocenters. The third-order valence-electron chi connectivity index (χ3n) is 5.21. The molecule has 1 aromatic carbocycles. The van der Waals surface area contributed by atoms with Crippen LogP contribution in [0, 0.1) is 0 Å². The monoisotopic (exact) mass is 360 g/mol. The number of methoxy groups -OCH3 is 1. The van der Waals surface area contributed by atoms with E-state index in [2.05, 4.69) is 58.8 Å². The van der Waals surface area contributed by atoms with E-state index in [0.29, 0.717) is 6.61 Å². The van der Waals surface area contributed by atoms with E-state index in [-0.39, 0.29) is 6.04 Å². The maximum Gasteiger partial charge on any atom is 0.191 e. The van der Waals surface area contributed by atoms with Crippen molar-refractivity contribution in [1.82, 2.24) is 15.5 Å². The molecule has 5 heteroatoms. The molecule has 2 rings (SSSR count). The van der Waals surface area contributed by atoms with E-state index >= 15 is 0 Å². The Balaban J connectivity index is 1.93. The summed E-state index contributed by atoms with van der Waals surface area (Å²) in [5.41, 5.74) is 2.73. The fourth-order valence-corrected chi connectivity index (χ4v) is 3.70. The number of hydrogen-bond acceptors (Lipinski definition) is 3. The van der Waals surface area contributed by atoms with Gasteiger partial charge in [0, 0.05) is 39.3 Å². The fourth-order valence-electron chi connectivity index (χ4n) is 3.70. The molecule has 5 nitrogen and oxygen atoms in total. The molecule has 0 aliphatic heterocycles.